The topological polar surface area (TPSA) is 28.2 Å². The summed E-state index contributed by atoms with van der Waals surface area (Å²) in [4.78, 5) is 7.38. The average Bonchev–Trinajstić information content (AvgIpc) is 3.12. The third-order valence-electron chi connectivity index (χ3n) is 10.3. The minimum atomic E-state index is -0.0142. The highest BCUT2D eigenvalue weighted by atomic mass is 16.5. The monoisotopic (exact) mass is 587 g/mol. The molecule has 0 saturated carbocycles. The number of nitrogens with zero attached hydrogens (tertiary/aromatic N) is 3. The van der Waals surface area contributed by atoms with Crippen molar-refractivity contribution in [1.29, 1.82) is 0 Å². The van der Waals surface area contributed by atoms with E-state index in [0.29, 0.717) is 0 Å². The smallest absolute Gasteiger partial charge is 0.258 e. The lowest BCUT2D eigenvalue weighted by atomic mass is 9.31. The molecule has 0 aliphatic carbocycles. The van der Waals surface area contributed by atoms with Crippen molar-refractivity contribution in [3.05, 3.63) is 133 Å². The maximum Gasteiger partial charge on any atom is 0.258 e. The summed E-state index contributed by atoms with van der Waals surface area (Å²) in [7, 11) is 0. The third-order valence-corrected chi connectivity index (χ3v) is 10.3. The molecule has 5 aliphatic rings. The highest BCUT2D eigenvalue weighted by Crippen LogP contribution is 2.60. The Balaban J connectivity index is 1.31. The van der Waals surface area contributed by atoms with Gasteiger partial charge in [-0.15, -0.1) is 0 Å². The maximum absolute atomic E-state index is 6.70. The number of rotatable bonds is 1. The predicted octanol–water partition coefficient (Wildman–Crippen LogP) is 8.92. The van der Waals surface area contributed by atoms with Crippen molar-refractivity contribution in [1.82, 2.24) is 0 Å². The third kappa shape index (κ3) is 2.59. The zero-order valence-corrected chi connectivity index (χ0v) is 24.4. The fourth-order valence-corrected chi connectivity index (χ4v) is 8.61. The number of benzene rings is 7. The van der Waals surface area contributed by atoms with E-state index in [1.807, 2.05) is 6.07 Å². The van der Waals surface area contributed by atoms with Crippen LogP contribution in [0.2, 0.25) is 0 Å². The Morgan fingerprint density at radius 3 is 1.63 bits per heavy atom. The molecule has 0 aromatic heterocycles. The SMILES string of the molecule is c1ccc(N2c3ccc4c5c3B3c6c(ccc7c6N(c6ccccc6O7)c6cc7ccccc7c2c63)N5c2ccccc2O4)cc1. The zero-order valence-electron chi connectivity index (χ0n) is 24.4. The van der Waals surface area contributed by atoms with Gasteiger partial charge < -0.3 is 24.2 Å². The van der Waals surface area contributed by atoms with Crippen LogP contribution in [0, 0.1) is 0 Å². The van der Waals surface area contributed by atoms with Gasteiger partial charge in [0.1, 0.15) is 0 Å². The first-order chi connectivity index (χ1) is 22.8. The van der Waals surface area contributed by atoms with Gasteiger partial charge in [0.2, 0.25) is 0 Å². The number of hydrogen-bond donors (Lipinski definition) is 0. The largest absolute Gasteiger partial charge is 0.453 e. The van der Waals surface area contributed by atoms with Gasteiger partial charge in [0.25, 0.3) is 6.71 Å². The van der Waals surface area contributed by atoms with Crippen LogP contribution in [0.15, 0.2) is 133 Å². The van der Waals surface area contributed by atoms with Crippen molar-refractivity contribution in [2.75, 3.05) is 14.7 Å². The fraction of sp³-hybridized carbons (Fsp3) is 0. The summed E-state index contributed by atoms with van der Waals surface area (Å²) in [5, 5.41) is 2.44. The van der Waals surface area contributed by atoms with Gasteiger partial charge in [-0.1, -0.05) is 66.7 Å². The second-order valence-electron chi connectivity index (χ2n) is 12.5. The molecule has 5 heterocycles. The van der Waals surface area contributed by atoms with Gasteiger partial charge in [-0.2, -0.15) is 0 Å². The van der Waals surface area contributed by atoms with Crippen LogP contribution in [0.5, 0.6) is 23.0 Å². The second-order valence-corrected chi connectivity index (χ2v) is 12.5. The molecule has 0 fully saturated rings. The van der Waals surface area contributed by atoms with Crippen LogP contribution in [-0.2, 0) is 0 Å². The lowest BCUT2D eigenvalue weighted by Crippen LogP contribution is -2.65. The average molecular weight is 587 g/mol. The van der Waals surface area contributed by atoms with Gasteiger partial charge in [0.05, 0.1) is 28.4 Å². The van der Waals surface area contributed by atoms with Crippen LogP contribution in [0.3, 0.4) is 0 Å². The standard InChI is InChI=1S/C40H22BN3O2/c1-2-11-24(12-3-1)42-28-18-20-33-39-35(28)41-36-29(43(39)26-14-6-8-16-31(26)45-33)19-21-34-40(36)44(27-15-7-9-17-32(27)46-34)30-22-23-10-4-5-13-25(23)38(42)37(30)41/h1-22H. The molecule has 6 heteroatoms. The molecule has 0 bridgehead atoms. The van der Waals surface area contributed by atoms with E-state index in [4.69, 9.17) is 9.47 Å². The summed E-state index contributed by atoms with van der Waals surface area (Å²) in [5.74, 6) is 3.48. The van der Waals surface area contributed by atoms with Gasteiger partial charge in [-0.25, -0.2) is 0 Å². The number of fused-ring (bicyclic) bond motifs is 8. The second kappa shape index (κ2) is 7.92. The molecule has 7 aromatic rings. The van der Waals surface area contributed by atoms with Gasteiger partial charge in [-0.3, -0.25) is 0 Å². The van der Waals surface area contributed by atoms with E-state index in [1.54, 1.807) is 0 Å². The summed E-state index contributed by atoms with van der Waals surface area (Å²) in [5.41, 5.74) is 14.1. The first-order valence-corrected chi connectivity index (χ1v) is 15.7. The van der Waals surface area contributed by atoms with Crippen molar-refractivity contribution in [2.45, 2.75) is 0 Å². The van der Waals surface area contributed by atoms with Crippen LogP contribution < -0.4 is 40.6 Å². The number of ether oxygens (including phenoxy) is 2. The number of hydrogen-bond acceptors (Lipinski definition) is 5. The molecule has 0 amide bonds. The van der Waals surface area contributed by atoms with Crippen LogP contribution in [0.1, 0.15) is 0 Å². The Labute approximate surface area is 265 Å². The van der Waals surface area contributed by atoms with Gasteiger partial charge in [0.15, 0.2) is 23.0 Å². The molecule has 0 saturated heterocycles. The number of para-hydroxylation sites is 5. The van der Waals surface area contributed by atoms with Crippen molar-refractivity contribution in [3.63, 3.8) is 0 Å². The Morgan fingerprint density at radius 2 is 0.935 bits per heavy atom. The Bertz CT molecular complexity index is 2530. The molecular formula is C40H22BN3O2. The minimum Gasteiger partial charge on any atom is -0.453 e. The summed E-state index contributed by atoms with van der Waals surface area (Å²) in [6.07, 6.45) is 0. The molecule has 0 radical (unpaired) electrons. The highest BCUT2D eigenvalue weighted by molar-refractivity contribution is 7.03. The van der Waals surface area contributed by atoms with Gasteiger partial charge in [-0.05, 0) is 88.5 Å². The number of anilines is 9. The molecule has 0 spiro atoms. The quantitative estimate of drug-likeness (QED) is 0.179. The van der Waals surface area contributed by atoms with Crippen molar-refractivity contribution < 1.29 is 9.47 Å². The molecule has 212 valence electrons. The highest BCUT2D eigenvalue weighted by Gasteiger charge is 2.53. The van der Waals surface area contributed by atoms with Gasteiger partial charge in [0, 0.05) is 28.1 Å². The van der Waals surface area contributed by atoms with Crippen molar-refractivity contribution >= 4 is 85.1 Å². The van der Waals surface area contributed by atoms with E-state index >= 15 is 0 Å². The molecule has 7 aromatic carbocycles. The van der Waals surface area contributed by atoms with E-state index in [1.165, 1.54) is 44.2 Å². The molecule has 5 aliphatic heterocycles. The zero-order chi connectivity index (χ0) is 29.7. The Hall–Kier alpha value is -6.14. The summed E-state index contributed by atoms with van der Waals surface area (Å²) in [6.45, 7) is -0.0142. The van der Waals surface area contributed by atoms with Crippen molar-refractivity contribution in [3.8, 4) is 23.0 Å². The molecular weight excluding hydrogens is 565 g/mol. The lowest BCUT2D eigenvalue weighted by Gasteiger charge is -2.51. The van der Waals surface area contributed by atoms with E-state index in [2.05, 4.69) is 142 Å². The van der Waals surface area contributed by atoms with Crippen LogP contribution in [0.4, 0.5) is 51.2 Å². The predicted molar refractivity (Wildman–Crippen MR) is 186 cm³/mol. The summed E-state index contributed by atoms with van der Waals surface area (Å²) in [6, 6.07) is 47.6. The first-order valence-electron chi connectivity index (χ1n) is 15.7. The van der Waals surface area contributed by atoms with Crippen LogP contribution in [-0.4, -0.2) is 6.71 Å². The van der Waals surface area contributed by atoms with Crippen LogP contribution >= 0.6 is 0 Å². The molecule has 0 atom stereocenters. The fourth-order valence-electron chi connectivity index (χ4n) is 8.61. The van der Waals surface area contributed by atoms with E-state index in [-0.39, 0.29) is 6.71 Å². The lowest BCUT2D eigenvalue weighted by molar-refractivity contribution is 0.476. The van der Waals surface area contributed by atoms with E-state index < -0.39 is 0 Å². The first kappa shape index (κ1) is 23.3. The summed E-state index contributed by atoms with van der Waals surface area (Å²) >= 11 is 0. The molecule has 0 N–H and O–H groups in total. The summed E-state index contributed by atoms with van der Waals surface area (Å²) < 4.78 is 13.4. The van der Waals surface area contributed by atoms with E-state index in [0.717, 1.165) is 57.1 Å². The Morgan fingerprint density at radius 1 is 0.391 bits per heavy atom. The Kier molecular flexibility index (Phi) is 4.01. The van der Waals surface area contributed by atoms with E-state index in [9.17, 15) is 0 Å². The maximum atomic E-state index is 6.70. The molecule has 5 nitrogen and oxygen atoms in total. The van der Waals surface area contributed by atoms with Crippen molar-refractivity contribution in [2.24, 2.45) is 0 Å². The van der Waals surface area contributed by atoms with Crippen LogP contribution in [0.25, 0.3) is 10.8 Å². The molecule has 0 unspecified atom stereocenters. The normalized spacial score (nSPS) is 14.7. The molecule has 12 rings (SSSR count). The van der Waals surface area contributed by atoms with Gasteiger partial charge >= 0.3 is 0 Å². The minimum absolute atomic E-state index is 0.0142. The molecule has 46 heavy (non-hydrogen) atoms.